The summed E-state index contributed by atoms with van der Waals surface area (Å²) in [5, 5.41) is 0. The van der Waals surface area contributed by atoms with E-state index in [1.54, 1.807) is 6.92 Å². The predicted molar refractivity (Wildman–Crippen MR) is 43.4 cm³/mol. The molecule has 3 N–H and O–H groups in total. The van der Waals surface area contributed by atoms with Gasteiger partial charge in [-0.2, -0.15) is 13.2 Å². The number of aromatic amines is 1. The second-order valence-electron chi connectivity index (χ2n) is 2.47. The maximum atomic E-state index is 12.0. The van der Waals surface area contributed by atoms with E-state index < -0.39 is 17.9 Å². The van der Waals surface area contributed by atoms with Crippen molar-refractivity contribution < 1.29 is 13.2 Å². The fourth-order valence-corrected chi connectivity index (χ4v) is 0.712. The van der Waals surface area contributed by atoms with E-state index >= 15 is 0 Å². The van der Waals surface area contributed by atoms with Gasteiger partial charge in [0.05, 0.1) is 12.2 Å². The lowest BCUT2D eigenvalue weighted by molar-refractivity contribution is -0.140. The topological polar surface area (TPSA) is 54.7 Å². The monoisotopic (exact) mass is 215 g/mol. The summed E-state index contributed by atoms with van der Waals surface area (Å²) in [6.45, 7) is 1.55. The van der Waals surface area contributed by atoms with Crippen LogP contribution < -0.4 is 5.73 Å². The summed E-state index contributed by atoms with van der Waals surface area (Å²) < 4.78 is 35.9. The van der Waals surface area contributed by atoms with E-state index in [4.69, 9.17) is 5.73 Å². The molecule has 1 aromatic heterocycles. The summed E-state index contributed by atoms with van der Waals surface area (Å²) in [5.41, 5.74) is 4.44. The Bertz CT molecular complexity index is 268. The van der Waals surface area contributed by atoms with Crippen molar-refractivity contribution in [3.8, 4) is 0 Å². The first-order valence-electron chi connectivity index (χ1n) is 3.29. The lowest BCUT2D eigenvalue weighted by Gasteiger charge is -2.02. The van der Waals surface area contributed by atoms with Crippen molar-refractivity contribution in [3.05, 3.63) is 17.7 Å². The SMILES string of the molecule is CC(N)c1ncc(C(F)(F)F)[nH]1.Cl. The lowest BCUT2D eigenvalue weighted by atomic mass is 10.3. The van der Waals surface area contributed by atoms with Gasteiger partial charge in [-0.3, -0.25) is 0 Å². The minimum Gasteiger partial charge on any atom is -0.337 e. The molecule has 1 aromatic rings. The Morgan fingerprint density at radius 2 is 2.08 bits per heavy atom. The van der Waals surface area contributed by atoms with Gasteiger partial charge in [0.25, 0.3) is 0 Å². The molecule has 0 aliphatic carbocycles. The number of nitrogens with two attached hydrogens (primary N) is 1. The molecular weight excluding hydrogens is 207 g/mol. The summed E-state index contributed by atoms with van der Waals surface area (Å²) in [7, 11) is 0. The van der Waals surface area contributed by atoms with Crippen molar-refractivity contribution in [2.45, 2.75) is 19.1 Å². The number of H-pyrrole nitrogens is 1. The molecule has 0 spiro atoms. The highest BCUT2D eigenvalue weighted by Gasteiger charge is 2.33. The Labute approximate surface area is 78.9 Å². The highest BCUT2D eigenvalue weighted by atomic mass is 35.5. The number of hydrogen-bond donors (Lipinski definition) is 2. The molecule has 76 valence electrons. The van der Waals surface area contributed by atoms with Crippen LogP contribution in [0.2, 0.25) is 0 Å². The zero-order valence-corrected chi connectivity index (χ0v) is 7.54. The van der Waals surface area contributed by atoms with Gasteiger partial charge in [0.1, 0.15) is 11.5 Å². The lowest BCUT2D eigenvalue weighted by Crippen LogP contribution is -2.09. The molecule has 0 aliphatic heterocycles. The van der Waals surface area contributed by atoms with Gasteiger partial charge in [-0.1, -0.05) is 0 Å². The van der Waals surface area contributed by atoms with Gasteiger partial charge < -0.3 is 10.7 Å². The molecule has 1 rings (SSSR count). The molecule has 0 saturated carbocycles. The number of nitrogens with zero attached hydrogens (tertiary/aromatic N) is 1. The molecule has 13 heavy (non-hydrogen) atoms. The molecule has 1 unspecified atom stereocenters. The molecule has 1 atom stereocenters. The number of imidazole rings is 1. The Hall–Kier alpha value is -0.750. The summed E-state index contributed by atoms with van der Waals surface area (Å²) in [6, 6.07) is -0.513. The number of halogens is 4. The Morgan fingerprint density at radius 1 is 1.54 bits per heavy atom. The van der Waals surface area contributed by atoms with E-state index in [0.717, 1.165) is 6.20 Å². The van der Waals surface area contributed by atoms with Crippen molar-refractivity contribution in [3.63, 3.8) is 0 Å². The molecule has 0 aromatic carbocycles. The normalized spacial score (nSPS) is 13.6. The first-order chi connectivity index (χ1) is 5.41. The van der Waals surface area contributed by atoms with Crippen LogP contribution in [0.1, 0.15) is 24.5 Å². The van der Waals surface area contributed by atoms with Crippen molar-refractivity contribution >= 4 is 12.4 Å². The molecule has 0 radical (unpaired) electrons. The summed E-state index contributed by atoms with van der Waals surface area (Å²) in [6.07, 6.45) is -3.64. The van der Waals surface area contributed by atoms with Crippen molar-refractivity contribution in [2.24, 2.45) is 5.73 Å². The molecule has 3 nitrogen and oxygen atoms in total. The summed E-state index contributed by atoms with van der Waals surface area (Å²) in [4.78, 5) is 5.57. The van der Waals surface area contributed by atoms with Crippen LogP contribution >= 0.6 is 12.4 Å². The third kappa shape index (κ3) is 2.89. The number of nitrogens with one attached hydrogen (secondary N) is 1. The van der Waals surface area contributed by atoms with Crippen LogP contribution in [-0.4, -0.2) is 9.97 Å². The second kappa shape index (κ2) is 3.97. The van der Waals surface area contributed by atoms with Crippen molar-refractivity contribution in [1.29, 1.82) is 0 Å². The first kappa shape index (κ1) is 12.2. The van der Waals surface area contributed by atoms with E-state index in [-0.39, 0.29) is 18.2 Å². The minimum atomic E-state index is -4.37. The molecule has 1 heterocycles. The molecule has 0 bridgehead atoms. The average Bonchev–Trinajstić information content (AvgIpc) is 2.30. The van der Waals surface area contributed by atoms with Crippen LogP contribution in [-0.2, 0) is 6.18 Å². The van der Waals surface area contributed by atoms with Crippen molar-refractivity contribution in [2.75, 3.05) is 0 Å². The van der Waals surface area contributed by atoms with Crippen LogP contribution in [0.5, 0.6) is 0 Å². The first-order valence-corrected chi connectivity index (χ1v) is 3.29. The van der Waals surface area contributed by atoms with Gasteiger partial charge in [-0.05, 0) is 6.92 Å². The maximum Gasteiger partial charge on any atom is 0.432 e. The number of alkyl halides is 3. The van der Waals surface area contributed by atoms with E-state index in [1.165, 1.54) is 0 Å². The van der Waals surface area contributed by atoms with Crippen LogP contribution in [0.15, 0.2) is 6.20 Å². The standard InChI is InChI=1S/C6H8F3N3.ClH/c1-3(10)5-11-2-4(12-5)6(7,8)9;/h2-3H,10H2,1H3,(H,11,12);1H. The van der Waals surface area contributed by atoms with Gasteiger partial charge >= 0.3 is 6.18 Å². The van der Waals surface area contributed by atoms with Gasteiger partial charge in [-0.25, -0.2) is 4.98 Å². The van der Waals surface area contributed by atoms with Crippen LogP contribution in [0, 0.1) is 0 Å². The highest BCUT2D eigenvalue weighted by Crippen LogP contribution is 2.27. The Balaban J connectivity index is 0.00000144. The van der Waals surface area contributed by atoms with E-state index in [0.29, 0.717) is 0 Å². The van der Waals surface area contributed by atoms with E-state index in [2.05, 4.69) is 9.97 Å². The number of hydrogen-bond acceptors (Lipinski definition) is 2. The van der Waals surface area contributed by atoms with Crippen LogP contribution in [0.25, 0.3) is 0 Å². The molecule has 7 heteroatoms. The maximum absolute atomic E-state index is 12.0. The molecule has 0 fully saturated rings. The largest absolute Gasteiger partial charge is 0.432 e. The third-order valence-corrected chi connectivity index (χ3v) is 1.33. The highest BCUT2D eigenvalue weighted by molar-refractivity contribution is 5.85. The van der Waals surface area contributed by atoms with Gasteiger partial charge in [0.2, 0.25) is 0 Å². The number of aromatic nitrogens is 2. The Kier molecular flexibility index (Phi) is 3.74. The van der Waals surface area contributed by atoms with Crippen LogP contribution in [0.3, 0.4) is 0 Å². The summed E-state index contributed by atoms with van der Waals surface area (Å²) in [5.74, 6) is 0.141. The molecule has 0 saturated heterocycles. The third-order valence-electron chi connectivity index (χ3n) is 1.33. The fraction of sp³-hybridized carbons (Fsp3) is 0.500. The fourth-order valence-electron chi connectivity index (χ4n) is 0.712. The zero-order chi connectivity index (χ0) is 9.35. The van der Waals surface area contributed by atoms with Gasteiger partial charge in [-0.15, -0.1) is 12.4 Å². The van der Waals surface area contributed by atoms with E-state index in [9.17, 15) is 13.2 Å². The second-order valence-corrected chi connectivity index (χ2v) is 2.47. The van der Waals surface area contributed by atoms with Gasteiger partial charge in [0, 0.05) is 0 Å². The van der Waals surface area contributed by atoms with Crippen molar-refractivity contribution in [1.82, 2.24) is 9.97 Å². The Morgan fingerprint density at radius 3 is 2.31 bits per heavy atom. The van der Waals surface area contributed by atoms with Crippen LogP contribution in [0.4, 0.5) is 13.2 Å². The number of rotatable bonds is 1. The quantitative estimate of drug-likeness (QED) is 0.752. The zero-order valence-electron chi connectivity index (χ0n) is 6.72. The predicted octanol–water partition coefficient (Wildman–Crippen LogP) is 1.87. The molecule has 0 amide bonds. The van der Waals surface area contributed by atoms with E-state index in [1.807, 2.05) is 0 Å². The molecular formula is C6H9ClF3N3. The average molecular weight is 216 g/mol. The van der Waals surface area contributed by atoms with Gasteiger partial charge in [0.15, 0.2) is 0 Å². The molecule has 0 aliphatic rings. The smallest absolute Gasteiger partial charge is 0.337 e. The minimum absolute atomic E-state index is 0. The summed E-state index contributed by atoms with van der Waals surface area (Å²) >= 11 is 0.